The van der Waals surface area contributed by atoms with Gasteiger partial charge in [0.1, 0.15) is 6.04 Å². The average Bonchev–Trinajstić information content (AvgIpc) is 3.18. The molecule has 0 heterocycles. The van der Waals surface area contributed by atoms with Crippen LogP contribution in [0.2, 0.25) is 0 Å². The van der Waals surface area contributed by atoms with Gasteiger partial charge < -0.3 is 10.1 Å². The zero-order valence-corrected chi connectivity index (χ0v) is 12.0. The Morgan fingerprint density at radius 3 is 2.79 bits per heavy atom. The normalized spacial score (nSPS) is 16.2. The highest BCUT2D eigenvalue weighted by Gasteiger charge is 2.27. The molecular weight excluding hydrogens is 238 g/mol. The first-order valence-corrected chi connectivity index (χ1v) is 7.09. The monoisotopic (exact) mass is 261 g/mol. The van der Waals surface area contributed by atoms with Gasteiger partial charge in [-0.3, -0.25) is 0 Å². The molecule has 1 aliphatic carbocycles. The largest absolute Gasteiger partial charge is 0.465 e. The summed E-state index contributed by atoms with van der Waals surface area (Å²) < 4.78 is 5.20. The summed E-state index contributed by atoms with van der Waals surface area (Å²) in [5.74, 6) is 0.568. The smallest absolute Gasteiger partial charge is 0.327 e. The molecular formula is C16H23NO2. The van der Waals surface area contributed by atoms with Crippen molar-refractivity contribution in [2.45, 2.75) is 39.7 Å². The molecule has 1 aromatic rings. The summed E-state index contributed by atoms with van der Waals surface area (Å²) >= 11 is 0. The molecule has 0 aromatic heterocycles. The molecule has 19 heavy (non-hydrogen) atoms. The lowest BCUT2D eigenvalue weighted by molar-refractivity contribution is -0.145. The van der Waals surface area contributed by atoms with Gasteiger partial charge >= 0.3 is 5.97 Å². The molecule has 3 heteroatoms. The lowest BCUT2D eigenvalue weighted by Crippen LogP contribution is -2.32. The van der Waals surface area contributed by atoms with E-state index in [1.807, 2.05) is 20.8 Å². The summed E-state index contributed by atoms with van der Waals surface area (Å²) in [6, 6.07) is 5.88. The minimum Gasteiger partial charge on any atom is -0.465 e. The second-order valence-corrected chi connectivity index (χ2v) is 5.40. The van der Waals surface area contributed by atoms with E-state index in [2.05, 4.69) is 23.5 Å². The van der Waals surface area contributed by atoms with Gasteiger partial charge in [-0.15, -0.1) is 0 Å². The number of hydrogen-bond donors (Lipinski definition) is 1. The Hall–Kier alpha value is -1.35. The fourth-order valence-electron chi connectivity index (χ4n) is 2.22. The maximum Gasteiger partial charge on any atom is 0.327 e. The third-order valence-corrected chi connectivity index (χ3v) is 3.58. The predicted molar refractivity (Wildman–Crippen MR) is 76.0 cm³/mol. The fraction of sp³-hybridized carbons (Fsp3) is 0.562. The van der Waals surface area contributed by atoms with Gasteiger partial charge in [-0.1, -0.05) is 23.8 Å². The molecule has 1 unspecified atom stereocenters. The standard InChI is InChI=1S/C16H23NO2/c1-4-19-16(18)15(17-10-13-7-8-13)14-9-11(2)5-6-12(14)3/h5-6,9,13,15,17H,4,7-8,10H2,1-3H3. The first-order chi connectivity index (χ1) is 9.11. The number of benzene rings is 1. The van der Waals surface area contributed by atoms with Gasteiger partial charge in [0.05, 0.1) is 6.61 Å². The number of nitrogens with one attached hydrogen (secondary N) is 1. The van der Waals surface area contributed by atoms with E-state index in [-0.39, 0.29) is 12.0 Å². The van der Waals surface area contributed by atoms with Crippen LogP contribution in [-0.4, -0.2) is 19.1 Å². The van der Waals surface area contributed by atoms with E-state index in [1.54, 1.807) is 0 Å². The summed E-state index contributed by atoms with van der Waals surface area (Å²) in [6.07, 6.45) is 2.55. The number of rotatable bonds is 6. The molecule has 0 radical (unpaired) electrons. The lowest BCUT2D eigenvalue weighted by atomic mass is 9.98. The minimum atomic E-state index is -0.333. The molecule has 104 valence electrons. The molecule has 1 aromatic carbocycles. The van der Waals surface area contributed by atoms with Crippen LogP contribution in [0.1, 0.15) is 42.5 Å². The van der Waals surface area contributed by atoms with Crippen LogP contribution in [0, 0.1) is 19.8 Å². The van der Waals surface area contributed by atoms with Crippen molar-refractivity contribution in [3.8, 4) is 0 Å². The van der Waals surface area contributed by atoms with E-state index in [4.69, 9.17) is 4.74 Å². The van der Waals surface area contributed by atoms with Crippen LogP contribution in [-0.2, 0) is 9.53 Å². The van der Waals surface area contributed by atoms with Gasteiger partial charge in [0, 0.05) is 0 Å². The van der Waals surface area contributed by atoms with Crippen molar-refractivity contribution in [3.05, 3.63) is 34.9 Å². The van der Waals surface area contributed by atoms with E-state index < -0.39 is 0 Å². The molecule has 1 aliphatic rings. The number of aryl methyl sites for hydroxylation is 2. The zero-order chi connectivity index (χ0) is 13.8. The van der Waals surface area contributed by atoms with E-state index in [0.29, 0.717) is 6.61 Å². The first kappa shape index (κ1) is 14.1. The molecule has 0 saturated heterocycles. The Labute approximate surface area is 115 Å². The van der Waals surface area contributed by atoms with Crippen molar-refractivity contribution in [2.75, 3.05) is 13.2 Å². The number of ether oxygens (including phenoxy) is 1. The SMILES string of the molecule is CCOC(=O)C(NCC1CC1)c1cc(C)ccc1C. The average molecular weight is 261 g/mol. The quantitative estimate of drug-likeness (QED) is 0.800. The minimum absolute atomic E-state index is 0.170. The summed E-state index contributed by atoms with van der Waals surface area (Å²) in [5, 5.41) is 3.38. The fourth-order valence-corrected chi connectivity index (χ4v) is 2.22. The van der Waals surface area contributed by atoms with Gasteiger partial charge in [-0.2, -0.15) is 0 Å². The second-order valence-electron chi connectivity index (χ2n) is 5.40. The number of hydrogen-bond acceptors (Lipinski definition) is 3. The highest BCUT2D eigenvalue weighted by atomic mass is 16.5. The van der Waals surface area contributed by atoms with Crippen molar-refractivity contribution in [3.63, 3.8) is 0 Å². The highest BCUT2D eigenvalue weighted by molar-refractivity contribution is 5.78. The molecule has 0 amide bonds. The topological polar surface area (TPSA) is 38.3 Å². The van der Waals surface area contributed by atoms with Gasteiger partial charge in [0.2, 0.25) is 0 Å². The molecule has 2 rings (SSSR count). The van der Waals surface area contributed by atoms with Crippen LogP contribution in [0.15, 0.2) is 18.2 Å². The zero-order valence-electron chi connectivity index (χ0n) is 12.0. The molecule has 1 fully saturated rings. The molecule has 1 N–H and O–H groups in total. The molecule has 0 aliphatic heterocycles. The summed E-state index contributed by atoms with van der Waals surface area (Å²) in [7, 11) is 0. The maximum absolute atomic E-state index is 12.2. The van der Waals surface area contributed by atoms with Crippen LogP contribution in [0.4, 0.5) is 0 Å². The summed E-state index contributed by atoms with van der Waals surface area (Å²) in [6.45, 7) is 7.26. The summed E-state index contributed by atoms with van der Waals surface area (Å²) in [4.78, 5) is 12.2. The maximum atomic E-state index is 12.2. The number of carbonyl (C=O) groups is 1. The van der Waals surface area contributed by atoms with Crippen LogP contribution in [0.25, 0.3) is 0 Å². The van der Waals surface area contributed by atoms with E-state index in [1.165, 1.54) is 18.4 Å². The lowest BCUT2D eigenvalue weighted by Gasteiger charge is -2.20. The molecule has 1 saturated carbocycles. The van der Waals surface area contributed by atoms with Crippen LogP contribution in [0.3, 0.4) is 0 Å². The van der Waals surface area contributed by atoms with Crippen molar-refractivity contribution in [2.24, 2.45) is 5.92 Å². The van der Waals surface area contributed by atoms with Crippen molar-refractivity contribution < 1.29 is 9.53 Å². The van der Waals surface area contributed by atoms with Gasteiger partial charge in [0.15, 0.2) is 0 Å². The Morgan fingerprint density at radius 2 is 2.16 bits per heavy atom. The van der Waals surface area contributed by atoms with Crippen LogP contribution >= 0.6 is 0 Å². The summed E-state index contributed by atoms with van der Waals surface area (Å²) in [5.41, 5.74) is 3.34. The molecule has 1 atom stereocenters. The van der Waals surface area contributed by atoms with E-state index in [9.17, 15) is 4.79 Å². The van der Waals surface area contributed by atoms with Gasteiger partial charge in [0.25, 0.3) is 0 Å². The van der Waals surface area contributed by atoms with Gasteiger partial charge in [-0.25, -0.2) is 4.79 Å². The molecule has 0 bridgehead atoms. The Bertz CT molecular complexity index is 452. The Balaban J connectivity index is 2.18. The highest BCUT2D eigenvalue weighted by Crippen LogP contribution is 2.29. The van der Waals surface area contributed by atoms with Crippen molar-refractivity contribution in [1.29, 1.82) is 0 Å². The van der Waals surface area contributed by atoms with Crippen molar-refractivity contribution in [1.82, 2.24) is 5.32 Å². The van der Waals surface area contributed by atoms with E-state index in [0.717, 1.165) is 23.6 Å². The van der Waals surface area contributed by atoms with Crippen LogP contribution in [0.5, 0.6) is 0 Å². The van der Waals surface area contributed by atoms with Crippen LogP contribution < -0.4 is 5.32 Å². The number of carbonyl (C=O) groups excluding carboxylic acids is 1. The van der Waals surface area contributed by atoms with E-state index >= 15 is 0 Å². The number of esters is 1. The third-order valence-electron chi connectivity index (χ3n) is 3.58. The Morgan fingerprint density at radius 1 is 1.42 bits per heavy atom. The second kappa shape index (κ2) is 6.20. The predicted octanol–water partition coefficient (Wildman–Crippen LogP) is 2.91. The van der Waals surface area contributed by atoms with Gasteiger partial charge in [-0.05, 0) is 57.2 Å². The molecule has 0 spiro atoms. The third kappa shape index (κ3) is 3.80. The van der Waals surface area contributed by atoms with Crippen molar-refractivity contribution >= 4 is 5.97 Å². The first-order valence-electron chi connectivity index (χ1n) is 7.09. The molecule has 3 nitrogen and oxygen atoms in total. The Kier molecular flexibility index (Phi) is 4.59.